The number of hydrogen-bond donors (Lipinski definition) is 4. The van der Waals surface area contributed by atoms with Crippen molar-refractivity contribution in [1.82, 2.24) is 4.57 Å². The Hall–Kier alpha value is -2.45. The first-order valence-electron chi connectivity index (χ1n) is 12.1. The molecule has 0 spiro atoms. The second-order valence-corrected chi connectivity index (χ2v) is 9.05. The Balaban J connectivity index is 1.84. The molecular weight excluding hydrogens is 434 g/mol. The van der Waals surface area contributed by atoms with Gasteiger partial charge in [0.2, 0.25) is 0 Å². The van der Waals surface area contributed by atoms with Crippen molar-refractivity contribution in [2.45, 2.75) is 83.3 Å². The van der Waals surface area contributed by atoms with Crippen LogP contribution in [0, 0.1) is 6.92 Å². The van der Waals surface area contributed by atoms with Crippen molar-refractivity contribution in [3.05, 3.63) is 59.3 Å². The lowest BCUT2D eigenvalue weighted by Gasteiger charge is -2.36. The lowest BCUT2D eigenvalue weighted by molar-refractivity contribution is -0.181. The molecule has 0 saturated carbocycles. The van der Waals surface area contributed by atoms with Gasteiger partial charge in [-0.05, 0) is 43.7 Å². The van der Waals surface area contributed by atoms with Gasteiger partial charge in [-0.1, -0.05) is 43.4 Å². The van der Waals surface area contributed by atoms with Crippen molar-refractivity contribution in [2.75, 3.05) is 6.61 Å². The number of aliphatic carboxylic acids is 1. The number of aryl methyl sites for hydroxylation is 1. The van der Waals surface area contributed by atoms with E-state index in [1.165, 1.54) is 5.57 Å². The Morgan fingerprint density at radius 1 is 1.26 bits per heavy atom. The minimum Gasteiger partial charge on any atom is -0.481 e. The fourth-order valence-electron chi connectivity index (χ4n) is 4.68. The van der Waals surface area contributed by atoms with Crippen LogP contribution in [0.2, 0.25) is 0 Å². The molecule has 0 aliphatic carbocycles. The number of ether oxygens (including phenoxy) is 1. The molecule has 1 fully saturated rings. The zero-order valence-electron chi connectivity index (χ0n) is 20.1. The number of aliphatic hydroxyl groups is 3. The summed E-state index contributed by atoms with van der Waals surface area (Å²) in [5, 5.41) is 39.9. The van der Waals surface area contributed by atoms with Crippen LogP contribution in [0.1, 0.15) is 62.7 Å². The number of nitrogens with zero attached hydrogens (tertiary/aromatic N) is 1. The summed E-state index contributed by atoms with van der Waals surface area (Å²) in [5.74, 6) is -0.754. The first kappa shape index (κ1) is 26.2. The van der Waals surface area contributed by atoms with Gasteiger partial charge in [0.05, 0.1) is 24.3 Å². The molecular formula is C27H37NO6. The number of unbranched alkanes of at least 4 members (excludes halogenated alkanes) is 2. The molecule has 186 valence electrons. The predicted octanol–water partition coefficient (Wildman–Crippen LogP) is 4.03. The molecule has 1 aliphatic rings. The van der Waals surface area contributed by atoms with Gasteiger partial charge in [-0.15, -0.1) is 0 Å². The number of benzene rings is 1. The maximum atomic E-state index is 10.7. The molecule has 1 aromatic carbocycles. The largest absolute Gasteiger partial charge is 0.481 e. The highest BCUT2D eigenvalue weighted by atomic mass is 16.5. The van der Waals surface area contributed by atoms with Gasteiger partial charge in [-0.25, -0.2) is 0 Å². The third kappa shape index (κ3) is 6.36. The molecule has 4 atom stereocenters. The van der Waals surface area contributed by atoms with Crippen molar-refractivity contribution in [3.8, 4) is 0 Å². The quantitative estimate of drug-likeness (QED) is 0.291. The molecule has 0 amide bonds. The fourth-order valence-corrected chi connectivity index (χ4v) is 4.68. The first-order chi connectivity index (χ1) is 16.3. The zero-order chi connectivity index (χ0) is 24.7. The summed E-state index contributed by atoms with van der Waals surface area (Å²) in [6, 6.07) is 6.12. The van der Waals surface area contributed by atoms with E-state index in [2.05, 4.69) is 48.9 Å². The molecule has 7 nitrogen and oxygen atoms in total. The second kappa shape index (κ2) is 12.3. The summed E-state index contributed by atoms with van der Waals surface area (Å²) >= 11 is 0. The SMILES string of the molecule is CC/C=C(\C=C/CCCCC(=O)O)Cn1cc([C@H]2C[C@@H](O)[C@@H](O)[C@@H](CO)O2)c2cccc(C)c21. The van der Waals surface area contributed by atoms with Crippen LogP contribution in [0.4, 0.5) is 0 Å². The van der Waals surface area contributed by atoms with Gasteiger partial charge in [0.15, 0.2) is 0 Å². The lowest BCUT2D eigenvalue weighted by Crippen LogP contribution is -2.47. The highest BCUT2D eigenvalue weighted by molar-refractivity contribution is 5.87. The van der Waals surface area contributed by atoms with Gasteiger partial charge in [0.25, 0.3) is 0 Å². The maximum absolute atomic E-state index is 10.7. The fraction of sp³-hybridized carbons (Fsp3) is 0.519. The number of allylic oxidation sites excluding steroid dienone is 4. The highest BCUT2D eigenvalue weighted by Crippen LogP contribution is 2.37. The average Bonchev–Trinajstić information content (AvgIpc) is 3.17. The predicted molar refractivity (Wildman–Crippen MR) is 132 cm³/mol. The smallest absolute Gasteiger partial charge is 0.303 e. The number of carboxylic acids is 1. The molecule has 0 bridgehead atoms. The summed E-state index contributed by atoms with van der Waals surface area (Å²) in [6.45, 7) is 4.49. The molecule has 1 aromatic heterocycles. The molecule has 34 heavy (non-hydrogen) atoms. The monoisotopic (exact) mass is 471 g/mol. The number of para-hydroxylation sites is 1. The molecule has 1 saturated heterocycles. The third-order valence-corrected chi connectivity index (χ3v) is 6.39. The minimum absolute atomic E-state index is 0.203. The summed E-state index contributed by atoms with van der Waals surface area (Å²) in [5.41, 5.74) is 4.34. The van der Waals surface area contributed by atoms with Crippen molar-refractivity contribution in [1.29, 1.82) is 0 Å². The van der Waals surface area contributed by atoms with Crippen LogP contribution < -0.4 is 0 Å². The molecule has 7 heteroatoms. The Labute approximate surface area is 201 Å². The van der Waals surface area contributed by atoms with Crippen molar-refractivity contribution < 1.29 is 30.0 Å². The standard InChI is InChI=1S/C27H37NO6/c1-3-9-19(11-6-4-5-7-13-25(31)32)15-28-16-21(20-12-8-10-18(2)26(20)28)23-14-22(30)27(33)24(17-29)34-23/h6,8-12,16,22-24,27,29-30,33H,3-5,7,13-15,17H2,1-2H3,(H,31,32)/b11-6-,19-9+/t22-,23-,24-,27-/m1/s1. The number of aliphatic hydroxyl groups excluding tert-OH is 3. The topological polar surface area (TPSA) is 112 Å². The van der Waals surface area contributed by atoms with Crippen LogP contribution in [-0.2, 0) is 16.1 Å². The van der Waals surface area contributed by atoms with E-state index < -0.39 is 30.4 Å². The van der Waals surface area contributed by atoms with E-state index in [4.69, 9.17) is 9.84 Å². The first-order valence-corrected chi connectivity index (χ1v) is 12.1. The third-order valence-electron chi connectivity index (χ3n) is 6.39. The van der Waals surface area contributed by atoms with Crippen molar-refractivity contribution in [3.63, 3.8) is 0 Å². The van der Waals surface area contributed by atoms with Crippen LogP contribution >= 0.6 is 0 Å². The van der Waals surface area contributed by atoms with Crippen LogP contribution in [0.15, 0.2) is 48.2 Å². The lowest BCUT2D eigenvalue weighted by atomic mass is 9.93. The Bertz CT molecular complexity index is 1020. The molecule has 0 unspecified atom stereocenters. The molecule has 1 aliphatic heterocycles. The van der Waals surface area contributed by atoms with Crippen molar-refractivity contribution >= 4 is 16.9 Å². The Kier molecular flexibility index (Phi) is 9.47. The second-order valence-electron chi connectivity index (χ2n) is 9.05. The molecule has 2 heterocycles. The summed E-state index contributed by atoms with van der Waals surface area (Å²) in [7, 11) is 0. The Morgan fingerprint density at radius 3 is 2.76 bits per heavy atom. The maximum Gasteiger partial charge on any atom is 0.303 e. The van der Waals surface area contributed by atoms with Gasteiger partial charge in [-0.2, -0.15) is 0 Å². The normalized spacial score (nSPS) is 23.7. The van der Waals surface area contributed by atoms with E-state index >= 15 is 0 Å². The number of carboxylic acid groups (broad SMARTS) is 1. The number of hydrogen-bond acceptors (Lipinski definition) is 5. The van der Waals surface area contributed by atoms with E-state index in [0.717, 1.165) is 41.3 Å². The van der Waals surface area contributed by atoms with E-state index in [1.54, 1.807) is 0 Å². The van der Waals surface area contributed by atoms with Crippen LogP contribution in [0.3, 0.4) is 0 Å². The summed E-state index contributed by atoms with van der Waals surface area (Å²) < 4.78 is 8.19. The van der Waals surface area contributed by atoms with E-state index in [1.807, 2.05) is 12.1 Å². The van der Waals surface area contributed by atoms with Gasteiger partial charge >= 0.3 is 5.97 Å². The van der Waals surface area contributed by atoms with E-state index in [9.17, 15) is 20.1 Å². The van der Waals surface area contributed by atoms with Gasteiger partial charge in [0.1, 0.15) is 12.2 Å². The highest BCUT2D eigenvalue weighted by Gasteiger charge is 2.38. The van der Waals surface area contributed by atoms with Crippen molar-refractivity contribution in [2.24, 2.45) is 0 Å². The zero-order valence-corrected chi connectivity index (χ0v) is 20.1. The van der Waals surface area contributed by atoms with E-state index in [-0.39, 0.29) is 19.4 Å². The molecule has 3 rings (SSSR count). The number of carbonyl (C=O) groups is 1. The number of aromatic nitrogens is 1. The van der Waals surface area contributed by atoms with Gasteiger partial charge in [0, 0.05) is 36.5 Å². The van der Waals surface area contributed by atoms with E-state index in [0.29, 0.717) is 13.0 Å². The van der Waals surface area contributed by atoms with Crippen LogP contribution in [-0.4, -0.2) is 55.9 Å². The minimum atomic E-state index is -1.10. The summed E-state index contributed by atoms with van der Waals surface area (Å²) in [4.78, 5) is 10.7. The number of fused-ring (bicyclic) bond motifs is 1. The average molecular weight is 472 g/mol. The Morgan fingerprint density at radius 2 is 2.06 bits per heavy atom. The van der Waals surface area contributed by atoms with Gasteiger partial charge in [-0.3, -0.25) is 4.79 Å². The van der Waals surface area contributed by atoms with Crippen LogP contribution in [0.25, 0.3) is 10.9 Å². The molecule has 2 aromatic rings. The molecule has 0 radical (unpaired) electrons. The van der Waals surface area contributed by atoms with Crippen LogP contribution in [0.5, 0.6) is 0 Å². The number of rotatable bonds is 11. The summed E-state index contributed by atoms with van der Waals surface area (Å²) in [6.07, 6.45) is 8.89. The molecule has 4 N–H and O–H groups in total. The van der Waals surface area contributed by atoms with Gasteiger partial charge < -0.3 is 29.7 Å².